The van der Waals surface area contributed by atoms with Crippen LogP contribution in [0.5, 0.6) is 0 Å². The molecule has 1 atom stereocenters. The van der Waals surface area contributed by atoms with Crippen LogP contribution in [-0.4, -0.2) is 12.0 Å². The molecule has 0 heterocycles. The van der Waals surface area contributed by atoms with Crippen molar-refractivity contribution in [3.63, 3.8) is 0 Å². The highest BCUT2D eigenvalue weighted by atomic mass is 16.7. The monoisotopic (exact) mass is 185 g/mol. The van der Waals surface area contributed by atoms with E-state index in [-0.39, 0.29) is 11.9 Å². The van der Waals surface area contributed by atoms with Crippen LogP contribution in [0, 0.1) is 5.92 Å². The van der Waals surface area contributed by atoms with E-state index in [0.29, 0.717) is 6.04 Å². The predicted octanol–water partition coefficient (Wildman–Crippen LogP) is 2.02. The van der Waals surface area contributed by atoms with Gasteiger partial charge in [-0.25, -0.2) is 0 Å². The zero-order valence-corrected chi connectivity index (χ0v) is 8.51. The van der Waals surface area contributed by atoms with Gasteiger partial charge in [0.1, 0.15) is 0 Å². The fraction of sp³-hybridized carbons (Fsp3) is 0.900. The predicted molar refractivity (Wildman–Crippen MR) is 50.9 cm³/mol. The molecule has 13 heavy (non-hydrogen) atoms. The first-order chi connectivity index (χ1) is 6.24. The average Bonchev–Trinajstić information content (AvgIpc) is 2.65. The summed E-state index contributed by atoms with van der Waals surface area (Å²) in [6, 6.07) is 0.396. The molecule has 1 aliphatic rings. The third-order valence-corrected chi connectivity index (χ3v) is 2.70. The lowest BCUT2D eigenvalue weighted by atomic mass is 10.1. The molecule has 1 N–H and O–H groups in total. The summed E-state index contributed by atoms with van der Waals surface area (Å²) in [6.45, 7) is 3.88. The zero-order valence-electron chi connectivity index (χ0n) is 8.51. The minimum Gasteiger partial charge on any atom is -0.370 e. The maximum Gasteiger partial charge on any atom is 0.327 e. The molecule has 1 rings (SSSR count). The minimum absolute atomic E-state index is 0.00824. The van der Waals surface area contributed by atoms with Gasteiger partial charge in [-0.1, -0.05) is 26.7 Å². The number of rotatable bonds is 4. The van der Waals surface area contributed by atoms with Gasteiger partial charge in [0.05, 0.1) is 5.92 Å². The quantitative estimate of drug-likeness (QED) is 0.681. The molecule has 76 valence electrons. The fourth-order valence-corrected chi connectivity index (χ4v) is 1.45. The van der Waals surface area contributed by atoms with Crippen LogP contribution in [0.15, 0.2) is 0 Å². The molecule has 0 aromatic carbocycles. The highest BCUT2D eigenvalue weighted by Gasteiger charge is 2.18. The van der Waals surface area contributed by atoms with Gasteiger partial charge >= 0.3 is 5.97 Å². The Morgan fingerprint density at radius 3 is 2.69 bits per heavy atom. The second kappa shape index (κ2) is 5.22. The van der Waals surface area contributed by atoms with E-state index in [1.54, 1.807) is 0 Å². The van der Waals surface area contributed by atoms with Gasteiger partial charge in [0.15, 0.2) is 0 Å². The summed E-state index contributed by atoms with van der Waals surface area (Å²) in [5, 5.41) is 0. The van der Waals surface area contributed by atoms with E-state index in [9.17, 15) is 4.79 Å². The Hall–Kier alpha value is -0.570. The Labute approximate surface area is 79.8 Å². The molecule has 1 saturated carbocycles. The maximum absolute atomic E-state index is 11.2. The summed E-state index contributed by atoms with van der Waals surface area (Å²) < 4.78 is 0. The number of carbonyl (C=O) groups is 1. The van der Waals surface area contributed by atoms with Crippen molar-refractivity contribution in [1.29, 1.82) is 0 Å². The molecule has 1 aliphatic carbocycles. The van der Waals surface area contributed by atoms with Crippen LogP contribution >= 0.6 is 0 Å². The topological polar surface area (TPSA) is 38.3 Å². The van der Waals surface area contributed by atoms with Crippen LogP contribution in [0.2, 0.25) is 0 Å². The van der Waals surface area contributed by atoms with Crippen LogP contribution in [0.3, 0.4) is 0 Å². The molecule has 0 aromatic heterocycles. The average molecular weight is 185 g/mol. The standard InChI is InChI=1S/C10H19NO2/c1-3-8(2)10(12)13-11-9-6-4-5-7-9/h8-9,11H,3-7H2,1-2H3. The first-order valence-corrected chi connectivity index (χ1v) is 5.20. The van der Waals surface area contributed by atoms with E-state index in [1.165, 1.54) is 12.8 Å². The number of carbonyl (C=O) groups excluding carboxylic acids is 1. The van der Waals surface area contributed by atoms with E-state index in [2.05, 4.69) is 5.48 Å². The van der Waals surface area contributed by atoms with Crippen LogP contribution in [0.4, 0.5) is 0 Å². The molecule has 0 aromatic rings. The highest BCUT2D eigenvalue weighted by molar-refractivity contribution is 5.71. The second-order valence-corrected chi connectivity index (χ2v) is 3.83. The van der Waals surface area contributed by atoms with Crippen molar-refractivity contribution in [2.45, 2.75) is 52.0 Å². The van der Waals surface area contributed by atoms with Crippen molar-refractivity contribution >= 4 is 5.97 Å². The third kappa shape index (κ3) is 3.35. The maximum atomic E-state index is 11.2. The van der Waals surface area contributed by atoms with Crippen molar-refractivity contribution in [2.75, 3.05) is 0 Å². The fourth-order valence-electron chi connectivity index (χ4n) is 1.45. The molecule has 1 unspecified atom stereocenters. The van der Waals surface area contributed by atoms with Gasteiger partial charge in [0, 0.05) is 6.04 Å². The number of hydrogen-bond donors (Lipinski definition) is 1. The first kappa shape index (κ1) is 10.5. The van der Waals surface area contributed by atoms with Gasteiger partial charge in [-0.05, 0) is 19.3 Å². The number of hydrogen-bond acceptors (Lipinski definition) is 3. The van der Waals surface area contributed by atoms with Gasteiger partial charge in [0.2, 0.25) is 0 Å². The van der Waals surface area contributed by atoms with E-state index < -0.39 is 0 Å². The Kier molecular flexibility index (Phi) is 4.22. The molecule has 0 saturated heterocycles. The van der Waals surface area contributed by atoms with Crippen LogP contribution in [0.1, 0.15) is 46.0 Å². The van der Waals surface area contributed by atoms with Crippen molar-refractivity contribution in [2.24, 2.45) is 5.92 Å². The highest BCUT2D eigenvalue weighted by Crippen LogP contribution is 2.17. The summed E-state index contributed by atoms with van der Waals surface area (Å²) >= 11 is 0. The van der Waals surface area contributed by atoms with Crippen molar-refractivity contribution in [1.82, 2.24) is 5.48 Å². The van der Waals surface area contributed by atoms with Crippen molar-refractivity contribution < 1.29 is 9.63 Å². The van der Waals surface area contributed by atoms with Gasteiger partial charge in [0.25, 0.3) is 0 Å². The van der Waals surface area contributed by atoms with Crippen molar-refractivity contribution in [3.8, 4) is 0 Å². The molecule has 0 aliphatic heterocycles. The van der Waals surface area contributed by atoms with E-state index >= 15 is 0 Å². The summed E-state index contributed by atoms with van der Waals surface area (Å²) in [5.74, 6) is -0.122. The summed E-state index contributed by atoms with van der Waals surface area (Å²) in [4.78, 5) is 16.2. The second-order valence-electron chi connectivity index (χ2n) is 3.83. The van der Waals surface area contributed by atoms with E-state index in [4.69, 9.17) is 4.84 Å². The zero-order chi connectivity index (χ0) is 9.68. The molecule has 1 fully saturated rings. The SMILES string of the molecule is CCC(C)C(=O)ONC1CCCC1. The Morgan fingerprint density at radius 2 is 2.15 bits per heavy atom. The summed E-state index contributed by atoms with van der Waals surface area (Å²) in [7, 11) is 0. The summed E-state index contributed by atoms with van der Waals surface area (Å²) in [6.07, 6.45) is 5.60. The molecule has 0 bridgehead atoms. The normalized spacial score (nSPS) is 20.2. The molecular weight excluding hydrogens is 166 g/mol. The van der Waals surface area contributed by atoms with Gasteiger partial charge in [-0.15, -0.1) is 0 Å². The lowest BCUT2D eigenvalue weighted by Crippen LogP contribution is -2.31. The van der Waals surface area contributed by atoms with Crippen LogP contribution < -0.4 is 5.48 Å². The first-order valence-electron chi connectivity index (χ1n) is 5.20. The van der Waals surface area contributed by atoms with Crippen LogP contribution in [0.25, 0.3) is 0 Å². The molecule has 0 amide bonds. The Balaban J connectivity index is 2.13. The summed E-state index contributed by atoms with van der Waals surface area (Å²) in [5.41, 5.74) is 2.85. The molecular formula is C10H19NO2. The molecule has 3 nitrogen and oxygen atoms in total. The molecule has 0 radical (unpaired) electrons. The van der Waals surface area contributed by atoms with Crippen LogP contribution in [-0.2, 0) is 9.63 Å². The Bertz CT molecular complexity index is 164. The third-order valence-electron chi connectivity index (χ3n) is 2.70. The van der Waals surface area contributed by atoms with E-state index in [0.717, 1.165) is 19.3 Å². The minimum atomic E-state index is -0.130. The number of nitrogens with one attached hydrogen (secondary N) is 1. The smallest absolute Gasteiger partial charge is 0.327 e. The van der Waals surface area contributed by atoms with Gasteiger partial charge in [-0.3, -0.25) is 4.79 Å². The lowest BCUT2D eigenvalue weighted by Gasteiger charge is -2.13. The Morgan fingerprint density at radius 1 is 1.54 bits per heavy atom. The molecule has 3 heteroatoms. The number of hydroxylamine groups is 1. The molecule has 0 spiro atoms. The van der Waals surface area contributed by atoms with Gasteiger partial charge in [-0.2, -0.15) is 5.48 Å². The van der Waals surface area contributed by atoms with Gasteiger partial charge < -0.3 is 4.84 Å². The lowest BCUT2D eigenvalue weighted by molar-refractivity contribution is -0.157. The van der Waals surface area contributed by atoms with Crippen molar-refractivity contribution in [3.05, 3.63) is 0 Å². The van der Waals surface area contributed by atoms with E-state index in [1.807, 2.05) is 13.8 Å². The largest absolute Gasteiger partial charge is 0.370 e.